The van der Waals surface area contributed by atoms with E-state index < -0.39 is 0 Å². The SMILES string of the molecule is N#Cc1cccc(-c2nc3c(C(=O)NCc4ccccc4)cc(Cl)cc3[nH]2)c1. The number of carbonyl (C=O) groups excluding carboxylic acids is 1. The van der Waals surface area contributed by atoms with Crippen LogP contribution < -0.4 is 5.32 Å². The van der Waals surface area contributed by atoms with E-state index >= 15 is 0 Å². The van der Waals surface area contributed by atoms with Gasteiger partial charge < -0.3 is 10.3 Å². The lowest BCUT2D eigenvalue weighted by Gasteiger charge is -2.06. The van der Waals surface area contributed by atoms with Crippen molar-refractivity contribution in [1.82, 2.24) is 15.3 Å². The van der Waals surface area contributed by atoms with E-state index in [4.69, 9.17) is 16.9 Å². The number of nitrogens with one attached hydrogen (secondary N) is 2. The summed E-state index contributed by atoms with van der Waals surface area (Å²) in [5.41, 5.74) is 3.91. The summed E-state index contributed by atoms with van der Waals surface area (Å²) in [5.74, 6) is 0.326. The Balaban J connectivity index is 1.69. The van der Waals surface area contributed by atoms with Gasteiger partial charge >= 0.3 is 0 Å². The molecule has 1 aromatic heterocycles. The topological polar surface area (TPSA) is 81.6 Å². The maximum atomic E-state index is 12.8. The molecule has 0 unspecified atom stereocenters. The molecule has 1 heterocycles. The predicted octanol–water partition coefficient (Wildman–Crippen LogP) is 4.68. The van der Waals surface area contributed by atoms with Crippen molar-refractivity contribution in [2.45, 2.75) is 6.54 Å². The summed E-state index contributed by atoms with van der Waals surface area (Å²) in [6, 6.07) is 22.3. The Bertz CT molecular complexity index is 1210. The van der Waals surface area contributed by atoms with Gasteiger partial charge in [-0.05, 0) is 29.8 Å². The average Bonchev–Trinajstić information content (AvgIpc) is 3.16. The lowest BCUT2D eigenvalue weighted by molar-refractivity contribution is 0.0952. The number of nitrogens with zero attached hydrogens (tertiary/aromatic N) is 2. The molecule has 5 nitrogen and oxygen atoms in total. The lowest BCUT2D eigenvalue weighted by atomic mass is 10.1. The number of fused-ring (bicyclic) bond motifs is 1. The van der Waals surface area contributed by atoms with Gasteiger partial charge in [0.15, 0.2) is 0 Å². The molecule has 0 spiro atoms. The first-order valence-corrected chi connectivity index (χ1v) is 9.04. The highest BCUT2D eigenvalue weighted by Crippen LogP contribution is 2.26. The number of aromatic nitrogens is 2. The van der Waals surface area contributed by atoms with Crippen LogP contribution in [-0.2, 0) is 6.54 Å². The Morgan fingerprint density at radius 2 is 1.93 bits per heavy atom. The van der Waals surface area contributed by atoms with Gasteiger partial charge in [0.25, 0.3) is 5.91 Å². The van der Waals surface area contributed by atoms with Crippen LogP contribution in [0.2, 0.25) is 5.02 Å². The molecular formula is C22H15ClN4O. The third kappa shape index (κ3) is 3.59. The van der Waals surface area contributed by atoms with Crippen molar-refractivity contribution in [2.24, 2.45) is 0 Å². The van der Waals surface area contributed by atoms with Crippen molar-refractivity contribution in [3.63, 3.8) is 0 Å². The monoisotopic (exact) mass is 386 g/mol. The number of amides is 1. The highest BCUT2D eigenvalue weighted by Gasteiger charge is 2.16. The van der Waals surface area contributed by atoms with Crippen LogP contribution in [0, 0.1) is 11.3 Å². The standard InChI is InChI=1S/C22H15ClN4O/c23-17-10-18(22(28)25-13-14-5-2-1-3-6-14)20-19(11-17)26-21(27-20)16-8-4-7-15(9-16)12-24/h1-11H,13H2,(H,25,28)(H,26,27). The maximum Gasteiger partial charge on any atom is 0.253 e. The van der Waals surface area contributed by atoms with Crippen LogP contribution >= 0.6 is 11.6 Å². The normalized spacial score (nSPS) is 10.6. The van der Waals surface area contributed by atoms with Crippen LogP contribution in [0.1, 0.15) is 21.5 Å². The number of aromatic amines is 1. The summed E-state index contributed by atoms with van der Waals surface area (Å²) in [5, 5.41) is 12.5. The van der Waals surface area contributed by atoms with Crippen molar-refractivity contribution in [3.05, 3.63) is 88.4 Å². The molecular weight excluding hydrogens is 372 g/mol. The van der Waals surface area contributed by atoms with Crippen molar-refractivity contribution in [1.29, 1.82) is 5.26 Å². The molecule has 0 bridgehead atoms. The highest BCUT2D eigenvalue weighted by molar-refractivity contribution is 6.32. The Hall–Kier alpha value is -3.62. The fourth-order valence-corrected chi connectivity index (χ4v) is 3.22. The molecule has 0 aliphatic rings. The lowest BCUT2D eigenvalue weighted by Crippen LogP contribution is -2.23. The van der Waals surface area contributed by atoms with Crippen LogP contribution in [0.25, 0.3) is 22.4 Å². The van der Waals surface area contributed by atoms with E-state index in [-0.39, 0.29) is 5.91 Å². The summed E-state index contributed by atoms with van der Waals surface area (Å²) >= 11 is 6.22. The van der Waals surface area contributed by atoms with E-state index in [9.17, 15) is 4.79 Å². The van der Waals surface area contributed by atoms with Crippen molar-refractivity contribution in [2.75, 3.05) is 0 Å². The zero-order valence-electron chi connectivity index (χ0n) is 14.7. The van der Waals surface area contributed by atoms with Gasteiger partial charge in [0.05, 0.1) is 22.7 Å². The van der Waals surface area contributed by atoms with E-state index in [0.717, 1.165) is 11.1 Å². The van der Waals surface area contributed by atoms with E-state index in [2.05, 4.69) is 21.4 Å². The molecule has 4 rings (SSSR count). The quantitative estimate of drug-likeness (QED) is 0.534. The van der Waals surface area contributed by atoms with Crippen LogP contribution in [0.15, 0.2) is 66.7 Å². The summed E-state index contributed by atoms with van der Waals surface area (Å²) < 4.78 is 0. The van der Waals surface area contributed by atoms with E-state index in [1.54, 1.807) is 30.3 Å². The third-order valence-corrected chi connectivity index (χ3v) is 4.58. The fourth-order valence-electron chi connectivity index (χ4n) is 3.00. The minimum Gasteiger partial charge on any atom is -0.348 e. The van der Waals surface area contributed by atoms with Crippen LogP contribution in [0.4, 0.5) is 0 Å². The predicted molar refractivity (Wildman–Crippen MR) is 109 cm³/mol. The maximum absolute atomic E-state index is 12.8. The summed E-state index contributed by atoms with van der Waals surface area (Å²) in [6.45, 7) is 0.412. The van der Waals surface area contributed by atoms with Gasteiger partial charge in [0, 0.05) is 17.1 Å². The molecule has 0 saturated carbocycles. The summed E-state index contributed by atoms with van der Waals surface area (Å²) in [7, 11) is 0. The second-order valence-corrected chi connectivity index (χ2v) is 6.73. The van der Waals surface area contributed by atoms with E-state index in [0.29, 0.717) is 39.6 Å². The number of nitriles is 1. The number of halogens is 1. The van der Waals surface area contributed by atoms with Gasteiger partial charge in [-0.2, -0.15) is 5.26 Å². The Kier molecular flexibility index (Phi) is 4.79. The second kappa shape index (κ2) is 7.55. The molecule has 0 aliphatic heterocycles. The molecule has 0 atom stereocenters. The third-order valence-electron chi connectivity index (χ3n) is 4.36. The minimum atomic E-state index is -0.250. The summed E-state index contributed by atoms with van der Waals surface area (Å²) in [6.07, 6.45) is 0. The van der Waals surface area contributed by atoms with Crippen molar-refractivity contribution in [3.8, 4) is 17.5 Å². The molecule has 2 N–H and O–H groups in total. The molecule has 0 radical (unpaired) electrons. The number of imidazole rings is 1. The second-order valence-electron chi connectivity index (χ2n) is 6.30. The van der Waals surface area contributed by atoms with Crippen LogP contribution in [0.3, 0.4) is 0 Å². The molecule has 136 valence electrons. The molecule has 6 heteroatoms. The molecule has 0 aliphatic carbocycles. The van der Waals surface area contributed by atoms with E-state index in [1.807, 2.05) is 36.4 Å². The number of hydrogen-bond acceptors (Lipinski definition) is 3. The minimum absolute atomic E-state index is 0.250. The number of H-pyrrole nitrogens is 1. The Labute approximate surface area is 166 Å². The zero-order chi connectivity index (χ0) is 19.5. The largest absolute Gasteiger partial charge is 0.348 e. The summed E-state index contributed by atoms with van der Waals surface area (Å²) in [4.78, 5) is 20.5. The number of carbonyl (C=O) groups is 1. The Morgan fingerprint density at radius 3 is 2.71 bits per heavy atom. The first kappa shape index (κ1) is 17.8. The smallest absolute Gasteiger partial charge is 0.253 e. The first-order chi connectivity index (χ1) is 13.6. The number of benzene rings is 3. The van der Waals surface area contributed by atoms with Gasteiger partial charge in [-0.25, -0.2) is 4.98 Å². The molecule has 28 heavy (non-hydrogen) atoms. The number of hydrogen-bond donors (Lipinski definition) is 2. The zero-order valence-corrected chi connectivity index (χ0v) is 15.5. The van der Waals surface area contributed by atoms with Gasteiger partial charge in [-0.15, -0.1) is 0 Å². The van der Waals surface area contributed by atoms with Crippen molar-refractivity contribution < 1.29 is 4.79 Å². The van der Waals surface area contributed by atoms with Gasteiger partial charge in [0.2, 0.25) is 0 Å². The fraction of sp³-hybridized carbons (Fsp3) is 0.0455. The van der Waals surface area contributed by atoms with Gasteiger partial charge in [-0.3, -0.25) is 4.79 Å². The van der Waals surface area contributed by atoms with Crippen LogP contribution in [-0.4, -0.2) is 15.9 Å². The first-order valence-electron chi connectivity index (χ1n) is 8.66. The molecule has 4 aromatic rings. The highest BCUT2D eigenvalue weighted by atomic mass is 35.5. The molecule has 3 aromatic carbocycles. The molecule has 1 amide bonds. The van der Waals surface area contributed by atoms with Crippen LogP contribution in [0.5, 0.6) is 0 Å². The molecule has 0 fully saturated rings. The van der Waals surface area contributed by atoms with Gasteiger partial charge in [-0.1, -0.05) is 54.1 Å². The molecule has 0 saturated heterocycles. The Morgan fingerprint density at radius 1 is 1.11 bits per heavy atom. The van der Waals surface area contributed by atoms with E-state index in [1.165, 1.54) is 0 Å². The van der Waals surface area contributed by atoms with Gasteiger partial charge in [0.1, 0.15) is 11.3 Å². The number of rotatable bonds is 4. The average molecular weight is 387 g/mol. The van der Waals surface area contributed by atoms with Crippen molar-refractivity contribution >= 4 is 28.5 Å².